The van der Waals surface area contributed by atoms with Crippen LogP contribution in [0.15, 0.2) is 48.5 Å². The largest absolute Gasteiger partial charge is 0.380 e. The normalized spacial score (nSPS) is 16.4. The molecule has 0 unspecified atom stereocenters. The van der Waals surface area contributed by atoms with Crippen LogP contribution in [0.1, 0.15) is 19.4 Å². The molecule has 2 aromatic carbocycles. The van der Waals surface area contributed by atoms with Crippen LogP contribution in [0.5, 0.6) is 0 Å². The van der Waals surface area contributed by atoms with Crippen molar-refractivity contribution in [1.82, 2.24) is 0 Å². The Morgan fingerprint density at radius 1 is 0.941 bits per heavy atom. The summed E-state index contributed by atoms with van der Waals surface area (Å²) in [5.41, 5.74) is 5.47. The van der Waals surface area contributed by atoms with Crippen molar-refractivity contribution in [1.29, 1.82) is 0 Å². The molecule has 1 aliphatic rings. The van der Waals surface area contributed by atoms with Crippen LogP contribution in [0.4, 0.5) is 5.69 Å². The quantitative estimate of drug-likeness (QED) is 0.767. The minimum atomic E-state index is 0.192. The third-order valence-corrected chi connectivity index (χ3v) is 3.32. The van der Waals surface area contributed by atoms with Gasteiger partial charge in [0.05, 0.1) is 0 Å². The highest BCUT2D eigenvalue weighted by Gasteiger charge is 2.27. The third kappa shape index (κ3) is 1.93. The molecule has 0 aromatic heterocycles. The number of fused-ring (bicyclic) bond motifs is 1. The molecule has 0 radical (unpaired) electrons. The molecule has 86 valence electrons. The Hall–Kier alpha value is -1.76. The number of hydrogen-bond acceptors (Lipinski definition) is 1. The lowest BCUT2D eigenvalue weighted by molar-refractivity contribution is 0.594. The molecule has 2 aromatic rings. The van der Waals surface area contributed by atoms with E-state index in [4.69, 9.17) is 0 Å². The van der Waals surface area contributed by atoms with E-state index in [0.29, 0.717) is 0 Å². The summed E-state index contributed by atoms with van der Waals surface area (Å²) in [4.78, 5) is 0. The molecule has 1 heterocycles. The molecule has 0 bridgehead atoms. The molecule has 0 aliphatic carbocycles. The summed E-state index contributed by atoms with van der Waals surface area (Å²) in [5, 5.41) is 3.58. The fourth-order valence-electron chi connectivity index (χ4n) is 2.54. The molecule has 0 spiro atoms. The monoisotopic (exact) mass is 223 g/mol. The molecule has 1 nitrogen and oxygen atoms in total. The molecule has 0 saturated heterocycles. The third-order valence-electron chi connectivity index (χ3n) is 3.32. The predicted molar refractivity (Wildman–Crippen MR) is 73.3 cm³/mol. The van der Waals surface area contributed by atoms with Crippen molar-refractivity contribution >= 4 is 5.69 Å². The second kappa shape index (κ2) is 3.63. The van der Waals surface area contributed by atoms with Crippen molar-refractivity contribution in [2.75, 3.05) is 5.32 Å². The van der Waals surface area contributed by atoms with Crippen molar-refractivity contribution in [3.63, 3.8) is 0 Å². The lowest BCUT2D eigenvalue weighted by Gasteiger charge is -2.18. The average molecular weight is 223 g/mol. The SMILES string of the molecule is CC1(C)Cc2ccc(-c3ccccc3)cc2N1. The second-order valence-electron chi connectivity index (χ2n) is 5.42. The van der Waals surface area contributed by atoms with Gasteiger partial charge in [-0.25, -0.2) is 0 Å². The molecule has 3 rings (SSSR count). The Labute approximate surface area is 102 Å². The van der Waals surface area contributed by atoms with Gasteiger partial charge in [-0.1, -0.05) is 42.5 Å². The van der Waals surface area contributed by atoms with Crippen molar-refractivity contribution in [2.45, 2.75) is 25.8 Å². The standard InChI is InChI=1S/C16H17N/c1-16(2)11-14-9-8-13(10-15(14)17-16)12-6-4-3-5-7-12/h3-10,17H,11H2,1-2H3. The van der Waals surface area contributed by atoms with Crippen LogP contribution in [0.3, 0.4) is 0 Å². The first-order valence-electron chi connectivity index (χ1n) is 6.11. The van der Waals surface area contributed by atoms with E-state index in [9.17, 15) is 0 Å². The van der Waals surface area contributed by atoms with Crippen molar-refractivity contribution < 1.29 is 0 Å². The molecule has 1 N–H and O–H groups in total. The first-order chi connectivity index (χ1) is 8.14. The van der Waals surface area contributed by atoms with E-state index in [-0.39, 0.29) is 5.54 Å². The summed E-state index contributed by atoms with van der Waals surface area (Å²) in [6.07, 6.45) is 1.11. The van der Waals surface area contributed by atoms with Crippen molar-refractivity contribution in [3.8, 4) is 11.1 Å². The zero-order valence-corrected chi connectivity index (χ0v) is 10.3. The first-order valence-corrected chi connectivity index (χ1v) is 6.11. The highest BCUT2D eigenvalue weighted by Crippen LogP contribution is 2.35. The van der Waals surface area contributed by atoms with Crippen LogP contribution >= 0.6 is 0 Å². The Morgan fingerprint density at radius 2 is 1.71 bits per heavy atom. The van der Waals surface area contributed by atoms with E-state index in [1.165, 1.54) is 22.4 Å². The fraction of sp³-hybridized carbons (Fsp3) is 0.250. The van der Waals surface area contributed by atoms with Crippen LogP contribution in [0.25, 0.3) is 11.1 Å². The van der Waals surface area contributed by atoms with Gasteiger partial charge in [-0.2, -0.15) is 0 Å². The van der Waals surface area contributed by atoms with E-state index in [0.717, 1.165) is 6.42 Å². The van der Waals surface area contributed by atoms with E-state index in [1.807, 2.05) is 0 Å². The Bertz CT molecular complexity index is 541. The van der Waals surface area contributed by atoms with Crippen molar-refractivity contribution in [3.05, 3.63) is 54.1 Å². The molecular formula is C16H17N. The van der Waals surface area contributed by atoms with Crippen molar-refractivity contribution in [2.24, 2.45) is 0 Å². The molecule has 17 heavy (non-hydrogen) atoms. The molecule has 1 heteroatoms. The minimum absolute atomic E-state index is 0.192. The van der Waals surface area contributed by atoms with E-state index < -0.39 is 0 Å². The fourth-order valence-corrected chi connectivity index (χ4v) is 2.54. The van der Waals surface area contributed by atoms with E-state index in [1.54, 1.807) is 0 Å². The topological polar surface area (TPSA) is 12.0 Å². The minimum Gasteiger partial charge on any atom is -0.380 e. The summed E-state index contributed by atoms with van der Waals surface area (Å²) in [7, 11) is 0. The second-order valence-corrected chi connectivity index (χ2v) is 5.42. The average Bonchev–Trinajstić information content (AvgIpc) is 2.63. The number of benzene rings is 2. The number of hydrogen-bond donors (Lipinski definition) is 1. The number of anilines is 1. The van der Waals surface area contributed by atoms with Gasteiger partial charge in [0.15, 0.2) is 0 Å². The lowest BCUT2D eigenvalue weighted by Crippen LogP contribution is -2.27. The zero-order valence-electron chi connectivity index (χ0n) is 10.3. The van der Waals surface area contributed by atoms with Gasteiger partial charge in [0, 0.05) is 11.2 Å². The van der Waals surface area contributed by atoms with Gasteiger partial charge in [0.2, 0.25) is 0 Å². The maximum absolute atomic E-state index is 3.58. The maximum Gasteiger partial charge on any atom is 0.0384 e. The molecule has 0 amide bonds. The molecule has 0 saturated carbocycles. The van der Waals surface area contributed by atoms with E-state index in [2.05, 4.69) is 67.7 Å². The number of nitrogens with one attached hydrogen (secondary N) is 1. The van der Waals surface area contributed by atoms with Gasteiger partial charge in [-0.05, 0) is 43.0 Å². The maximum atomic E-state index is 3.58. The van der Waals surface area contributed by atoms with Gasteiger partial charge in [-0.15, -0.1) is 0 Å². The Morgan fingerprint density at radius 3 is 2.47 bits per heavy atom. The zero-order chi connectivity index (χ0) is 11.9. The smallest absolute Gasteiger partial charge is 0.0384 e. The van der Waals surface area contributed by atoms with Crippen LogP contribution in [0.2, 0.25) is 0 Å². The van der Waals surface area contributed by atoms with Gasteiger partial charge in [0.25, 0.3) is 0 Å². The summed E-state index contributed by atoms with van der Waals surface area (Å²) in [6, 6.07) is 17.3. The molecule has 1 aliphatic heterocycles. The summed E-state index contributed by atoms with van der Waals surface area (Å²) in [5.74, 6) is 0. The van der Waals surface area contributed by atoms with Crippen LogP contribution < -0.4 is 5.32 Å². The number of rotatable bonds is 1. The van der Waals surface area contributed by atoms with Crippen LogP contribution in [-0.4, -0.2) is 5.54 Å². The summed E-state index contributed by atoms with van der Waals surface area (Å²) >= 11 is 0. The highest BCUT2D eigenvalue weighted by molar-refractivity contribution is 5.72. The van der Waals surface area contributed by atoms with Gasteiger partial charge in [0.1, 0.15) is 0 Å². The van der Waals surface area contributed by atoms with Gasteiger partial charge in [-0.3, -0.25) is 0 Å². The molecule has 0 fully saturated rings. The summed E-state index contributed by atoms with van der Waals surface area (Å²) in [6.45, 7) is 4.49. The highest BCUT2D eigenvalue weighted by atomic mass is 15.0. The Balaban J connectivity index is 2.02. The lowest BCUT2D eigenvalue weighted by atomic mass is 9.98. The van der Waals surface area contributed by atoms with Crippen LogP contribution in [0, 0.1) is 0 Å². The van der Waals surface area contributed by atoms with Gasteiger partial charge < -0.3 is 5.32 Å². The Kier molecular flexibility index (Phi) is 2.22. The van der Waals surface area contributed by atoms with E-state index >= 15 is 0 Å². The first kappa shape index (κ1) is 10.4. The molecular weight excluding hydrogens is 206 g/mol. The van der Waals surface area contributed by atoms with Crippen LogP contribution in [-0.2, 0) is 6.42 Å². The predicted octanol–water partition coefficient (Wildman–Crippen LogP) is 4.10. The molecule has 0 atom stereocenters. The summed E-state index contributed by atoms with van der Waals surface area (Å²) < 4.78 is 0. The van der Waals surface area contributed by atoms with Gasteiger partial charge >= 0.3 is 0 Å².